The fraction of sp³-hybridized carbons (Fsp3) is 0.263. The zero-order valence-electron chi connectivity index (χ0n) is 11.9. The zero-order valence-corrected chi connectivity index (χ0v) is 11.9. The highest BCUT2D eigenvalue weighted by molar-refractivity contribution is 5.49. The molecule has 0 saturated heterocycles. The summed E-state index contributed by atoms with van der Waals surface area (Å²) in [5.74, 6) is 4.93. The highest BCUT2D eigenvalue weighted by atomic mass is 16.5. The lowest BCUT2D eigenvalue weighted by atomic mass is 10.2. The number of hydrogen-bond acceptors (Lipinski definition) is 2. The SMILES string of the molecule is C#Cc1cc(OCc2ccccc2)ccc1OCC1CC1. The predicted octanol–water partition coefficient (Wildman–Crippen LogP) is 4.04. The van der Waals surface area contributed by atoms with Crippen molar-refractivity contribution in [2.75, 3.05) is 6.61 Å². The average molecular weight is 278 g/mol. The normalized spacial score (nSPS) is 13.5. The first kappa shape index (κ1) is 13.6. The Bertz CT molecular complexity index is 636. The average Bonchev–Trinajstić information content (AvgIpc) is 3.36. The van der Waals surface area contributed by atoms with Crippen LogP contribution in [0.3, 0.4) is 0 Å². The van der Waals surface area contributed by atoms with Gasteiger partial charge in [0.1, 0.15) is 18.1 Å². The molecule has 1 fully saturated rings. The Morgan fingerprint density at radius 2 is 1.86 bits per heavy atom. The Morgan fingerprint density at radius 1 is 1.05 bits per heavy atom. The van der Waals surface area contributed by atoms with Crippen molar-refractivity contribution < 1.29 is 9.47 Å². The first-order valence-electron chi connectivity index (χ1n) is 7.25. The minimum atomic E-state index is 0.535. The quantitative estimate of drug-likeness (QED) is 0.743. The van der Waals surface area contributed by atoms with Gasteiger partial charge in [0.15, 0.2) is 0 Å². The van der Waals surface area contributed by atoms with Gasteiger partial charge in [0.05, 0.1) is 12.2 Å². The zero-order chi connectivity index (χ0) is 14.5. The summed E-state index contributed by atoms with van der Waals surface area (Å²) in [5, 5.41) is 0. The molecule has 0 amide bonds. The molecule has 0 radical (unpaired) electrons. The van der Waals surface area contributed by atoms with E-state index >= 15 is 0 Å². The molecule has 2 aromatic rings. The van der Waals surface area contributed by atoms with Gasteiger partial charge < -0.3 is 9.47 Å². The molecule has 1 saturated carbocycles. The molecule has 21 heavy (non-hydrogen) atoms. The van der Waals surface area contributed by atoms with Crippen LogP contribution in [0, 0.1) is 18.3 Å². The molecule has 106 valence electrons. The van der Waals surface area contributed by atoms with Gasteiger partial charge in [-0.05, 0) is 42.5 Å². The molecule has 2 heteroatoms. The maximum absolute atomic E-state index is 5.78. The molecule has 0 bridgehead atoms. The first-order chi connectivity index (χ1) is 10.3. The van der Waals surface area contributed by atoms with Gasteiger partial charge in [-0.2, -0.15) is 0 Å². The summed E-state index contributed by atoms with van der Waals surface area (Å²) >= 11 is 0. The van der Waals surface area contributed by atoms with Crippen molar-refractivity contribution >= 4 is 0 Å². The monoisotopic (exact) mass is 278 g/mol. The Hall–Kier alpha value is -2.40. The van der Waals surface area contributed by atoms with Crippen LogP contribution in [0.5, 0.6) is 11.5 Å². The topological polar surface area (TPSA) is 18.5 Å². The third-order valence-electron chi connectivity index (χ3n) is 3.53. The molecule has 0 aromatic heterocycles. The summed E-state index contributed by atoms with van der Waals surface area (Å²) < 4.78 is 11.5. The van der Waals surface area contributed by atoms with E-state index in [-0.39, 0.29) is 0 Å². The van der Waals surface area contributed by atoms with Gasteiger partial charge in [-0.3, -0.25) is 0 Å². The number of rotatable bonds is 6. The Kier molecular flexibility index (Phi) is 4.12. The summed E-state index contributed by atoms with van der Waals surface area (Å²) in [7, 11) is 0. The van der Waals surface area contributed by atoms with Crippen LogP contribution in [0.2, 0.25) is 0 Å². The fourth-order valence-electron chi connectivity index (χ4n) is 2.07. The van der Waals surface area contributed by atoms with E-state index in [1.807, 2.05) is 48.5 Å². The summed E-state index contributed by atoms with van der Waals surface area (Å²) in [6, 6.07) is 15.7. The highest BCUT2D eigenvalue weighted by Crippen LogP contribution is 2.31. The van der Waals surface area contributed by atoms with Crippen LogP contribution in [0.1, 0.15) is 24.0 Å². The fourth-order valence-corrected chi connectivity index (χ4v) is 2.07. The van der Waals surface area contributed by atoms with E-state index in [4.69, 9.17) is 15.9 Å². The molecule has 1 aliphatic carbocycles. The second-order valence-electron chi connectivity index (χ2n) is 5.33. The van der Waals surface area contributed by atoms with Crippen molar-refractivity contribution in [3.05, 3.63) is 59.7 Å². The maximum atomic E-state index is 5.78. The third kappa shape index (κ3) is 3.79. The van der Waals surface area contributed by atoms with Gasteiger partial charge >= 0.3 is 0 Å². The smallest absolute Gasteiger partial charge is 0.135 e. The number of benzene rings is 2. The Morgan fingerprint density at radius 3 is 2.57 bits per heavy atom. The molecule has 2 aromatic carbocycles. The van der Waals surface area contributed by atoms with Gasteiger partial charge in [0, 0.05) is 0 Å². The van der Waals surface area contributed by atoms with Gasteiger partial charge in [0.25, 0.3) is 0 Å². The highest BCUT2D eigenvalue weighted by Gasteiger charge is 2.22. The second-order valence-corrected chi connectivity index (χ2v) is 5.33. The van der Waals surface area contributed by atoms with E-state index in [9.17, 15) is 0 Å². The number of ether oxygens (including phenoxy) is 2. The summed E-state index contributed by atoms with van der Waals surface area (Å²) in [4.78, 5) is 0. The molecule has 1 aliphatic rings. The van der Waals surface area contributed by atoms with E-state index in [1.54, 1.807) is 0 Å². The van der Waals surface area contributed by atoms with Gasteiger partial charge in [-0.1, -0.05) is 36.3 Å². The van der Waals surface area contributed by atoms with E-state index in [0.29, 0.717) is 12.5 Å². The maximum Gasteiger partial charge on any atom is 0.135 e. The van der Waals surface area contributed by atoms with Crippen LogP contribution in [0.4, 0.5) is 0 Å². The lowest BCUT2D eigenvalue weighted by molar-refractivity contribution is 0.293. The number of terminal acetylenes is 1. The van der Waals surface area contributed by atoms with Gasteiger partial charge in [-0.15, -0.1) is 6.42 Å². The van der Waals surface area contributed by atoms with Crippen molar-refractivity contribution in [1.82, 2.24) is 0 Å². The van der Waals surface area contributed by atoms with E-state index in [1.165, 1.54) is 12.8 Å². The van der Waals surface area contributed by atoms with E-state index < -0.39 is 0 Å². The number of hydrogen-bond donors (Lipinski definition) is 0. The van der Waals surface area contributed by atoms with E-state index in [2.05, 4.69) is 5.92 Å². The second kappa shape index (κ2) is 6.37. The van der Waals surface area contributed by atoms with Crippen LogP contribution >= 0.6 is 0 Å². The molecular weight excluding hydrogens is 260 g/mol. The van der Waals surface area contributed by atoms with Crippen LogP contribution in [0.15, 0.2) is 48.5 Å². The minimum absolute atomic E-state index is 0.535. The molecule has 0 spiro atoms. The van der Waals surface area contributed by atoms with Crippen LogP contribution in [-0.2, 0) is 6.61 Å². The van der Waals surface area contributed by atoms with Crippen molar-refractivity contribution in [1.29, 1.82) is 0 Å². The molecular formula is C19H18O2. The molecule has 0 unspecified atom stereocenters. The van der Waals surface area contributed by atoms with Crippen molar-refractivity contribution in [2.24, 2.45) is 5.92 Å². The third-order valence-corrected chi connectivity index (χ3v) is 3.53. The molecule has 0 atom stereocenters. The molecule has 0 N–H and O–H groups in total. The van der Waals surface area contributed by atoms with Crippen LogP contribution < -0.4 is 9.47 Å². The summed E-state index contributed by atoms with van der Waals surface area (Å²) in [6.07, 6.45) is 8.10. The first-order valence-corrected chi connectivity index (χ1v) is 7.25. The van der Waals surface area contributed by atoms with Gasteiger partial charge in [0.2, 0.25) is 0 Å². The minimum Gasteiger partial charge on any atom is -0.492 e. The molecule has 0 aliphatic heterocycles. The molecule has 3 rings (SSSR count). The van der Waals surface area contributed by atoms with Crippen molar-refractivity contribution in [3.63, 3.8) is 0 Å². The van der Waals surface area contributed by atoms with Crippen molar-refractivity contribution in [2.45, 2.75) is 19.4 Å². The summed E-state index contributed by atoms with van der Waals surface area (Å²) in [5.41, 5.74) is 1.88. The van der Waals surface area contributed by atoms with E-state index in [0.717, 1.165) is 29.2 Å². The van der Waals surface area contributed by atoms with Gasteiger partial charge in [-0.25, -0.2) is 0 Å². The van der Waals surface area contributed by atoms with Crippen molar-refractivity contribution in [3.8, 4) is 23.8 Å². The Balaban J connectivity index is 1.64. The molecule has 0 heterocycles. The van der Waals surface area contributed by atoms with Crippen LogP contribution in [0.25, 0.3) is 0 Å². The standard InChI is InChI=1S/C19H18O2/c1-2-17-12-18(20-13-15-6-4-3-5-7-15)10-11-19(17)21-14-16-8-9-16/h1,3-7,10-12,16H,8-9,13-14H2. The largest absolute Gasteiger partial charge is 0.492 e. The molecule has 2 nitrogen and oxygen atoms in total. The lowest BCUT2D eigenvalue weighted by Gasteiger charge is -2.11. The lowest BCUT2D eigenvalue weighted by Crippen LogP contribution is -2.01. The summed E-state index contributed by atoms with van der Waals surface area (Å²) in [6.45, 7) is 1.30. The Labute approximate surface area is 125 Å². The predicted molar refractivity (Wildman–Crippen MR) is 83.4 cm³/mol. The van der Waals surface area contributed by atoms with Crippen LogP contribution in [-0.4, -0.2) is 6.61 Å².